The molecule has 0 atom stereocenters. The molecule has 5 heterocycles. The molecule has 0 radical (unpaired) electrons. The van der Waals surface area contributed by atoms with E-state index in [1.807, 2.05) is 25.5 Å². The van der Waals surface area contributed by atoms with Crippen LogP contribution in [-0.4, -0.2) is 76.2 Å². The highest BCUT2D eigenvalue weighted by Crippen LogP contribution is 2.36. The molecule has 33 heavy (non-hydrogen) atoms. The van der Waals surface area contributed by atoms with E-state index < -0.39 is 5.60 Å². The quantitative estimate of drug-likeness (QED) is 0.687. The Labute approximate surface area is 195 Å². The Kier molecular flexibility index (Phi) is 5.90. The number of amides is 1. The van der Waals surface area contributed by atoms with E-state index in [1.54, 1.807) is 15.8 Å². The van der Waals surface area contributed by atoms with Gasteiger partial charge in [-0.25, -0.2) is 9.78 Å². The van der Waals surface area contributed by atoms with Gasteiger partial charge in [0.25, 0.3) is 0 Å². The van der Waals surface area contributed by atoms with Gasteiger partial charge in [-0.1, -0.05) is 0 Å². The maximum absolute atomic E-state index is 12.5. The van der Waals surface area contributed by atoms with Crippen molar-refractivity contribution in [2.75, 3.05) is 42.5 Å². The number of piperidine rings is 2. The van der Waals surface area contributed by atoms with Gasteiger partial charge in [0.05, 0.1) is 30.3 Å². The smallest absolute Gasteiger partial charge is 0.415 e. The molecule has 178 valence electrons. The van der Waals surface area contributed by atoms with Gasteiger partial charge in [0, 0.05) is 64.4 Å². The van der Waals surface area contributed by atoms with Crippen LogP contribution >= 0.6 is 0 Å². The first-order valence-corrected chi connectivity index (χ1v) is 12.0. The Bertz CT molecular complexity index is 959. The molecule has 2 aromatic heterocycles. The van der Waals surface area contributed by atoms with Gasteiger partial charge in [-0.05, 0) is 32.8 Å². The number of likely N-dealkylation sites (tertiary alicyclic amines) is 1. The molecule has 3 saturated heterocycles. The summed E-state index contributed by atoms with van der Waals surface area (Å²) in [4.78, 5) is 23.6. The lowest BCUT2D eigenvalue weighted by molar-refractivity contribution is 0.0366. The number of ether oxygens (including phenoxy) is 2. The van der Waals surface area contributed by atoms with Crippen molar-refractivity contribution in [2.24, 2.45) is 7.05 Å². The average Bonchev–Trinajstić information content (AvgIpc) is 3.38. The Hall–Kier alpha value is -2.81. The molecule has 0 bridgehead atoms. The molecule has 9 heteroatoms. The summed E-state index contributed by atoms with van der Waals surface area (Å²) in [5, 5.41) is 4.17. The van der Waals surface area contributed by atoms with Gasteiger partial charge >= 0.3 is 6.09 Å². The summed E-state index contributed by atoms with van der Waals surface area (Å²) in [6.45, 7) is 8.88. The van der Waals surface area contributed by atoms with E-state index in [0.717, 1.165) is 63.2 Å². The molecule has 2 aromatic rings. The van der Waals surface area contributed by atoms with Gasteiger partial charge in [-0.3, -0.25) is 9.58 Å². The average molecular weight is 455 g/mol. The third-order valence-electron chi connectivity index (χ3n) is 7.23. The van der Waals surface area contributed by atoms with Crippen LogP contribution in [0.5, 0.6) is 5.88 Å². The molecule has 3 aliphatic heterocycles. The van der Waals surface area contributed by atoms with Crippen LogP contribution in [0.4, 0.5) is 16.2 Å². The number of aryl methyl sites for hydroxylation is 1. The van der Waals surface area contributed by atoms with E-state index in [-0.39, 0.29) is 12.2 Å². The first-order chi connectivity index (χ1) is 15.9. The van der Waals surface area contributed by atoms with Gasteiger partial charge in [-0.15, -0.1) is 0 Å². The van der Waals surface area contributed by atoms with Crippen molar-refractivity contribution >= 4 is 17.5 Å². The maximum Gasteiger partial charge on any atom is 0.415 e. The summed E-state index contributed by atoms with van der Waals surface area (Å²) in [5.41, 5.74) is 1.45. The lowest BCUT2D eigenvalue weighted by Crippen LogP contribution is -2.47. The summed E-state index contributed by atoms with van der Waals surface area (Å²) >= 11 is 0. The van der Waals surface area contributed by atoms with Crippen LogP contribution in [-0.2, 0) is 11.8 Å². The maximum atomic E-state index is 12.5. The lowest BCUT2D eigenvalue weighted by atomic mass is 9.91. The highest BCUT2D eigenvalue weighted by atomic mass is 16.6. The van der Waals surface area contributed by atoms with E-state index in [9.17, 15) is 4.79 Å². The minimum Gasteiger partial charge on any atom is -0.474 e. The van der Waals surface area contributed by atoms with Crippen LogP contribution in [0, 0.1) is 0 Å². The molecule has 3 aliphatic rings. The molecule has 1 amide bonds. The summed E-state index contributed by atoms with van der Waals surface area (Å²) in [5.74, 6) is 0.701. The summed E-state index contributed by atoms with van der Waals surface area (Å²) in [7, 11) is 1.85. The molecule has 0 aliphatic carbocycles. The van der Waals surface area contributed by atoms with Crippen LogP contribution < -0.4 is 14.5 Å². The number of hydrogen-bond acceptors (Lipinski definition) is 7. The van der Waals surface area contributed by atoms with Gasteiger partial charge in [0.1, 0.15) is 11.7 Å². The molecule has 0 unspecified atom stereocenters. The summed E-state index contributed by atoms with van der Waals surface area (Å²) < 4.78 is 13.7. The van der Waals surface area contributed by atoms with Gasteiger partial charge < -0.3 is 19.3 Å². The zero-order valence-electron chi connectivity index (χ0n) is 19.8. The molecule has 9 nitrogen and oxygen atoms in total. The number of anilines is 2. The Morgan fingerprint density at radius 2 is 1.85 bits per heavy atom. The fraction of sp³-hybridized carbons (Fsp3) is 0.625. The van der Waals surface area contributed by atoms with Crippen molar-refractivity contribution in [3.8, 4) is 5.88 Å². The van der Waals surface area contributed by atoms with E-state index in [2.05, 4.69) is 39.8 Å². The highest BCUT2D eigenvalue weighted by Gasteiger charge is 2.47. The Morgan fingerprint density at radius 3 is 2.45 bits per heavy atom. The Balaban J connectivity index is 1.14. The van der Waals surface area contributed by atoms with Gasteiger partial charge in [0.15, 0.2) is 0 Å². The second-order valence-electron chi connectivity index (χ2n) is 9.80. The van der Waals surface area contributed by atoms with Crippen molar-refractivity contribution in [3.63, 3.8) is 0 Å². The van der Waals surface area contributed by atoms with Crippen molar-refractivity contribution in [3.05, 3.63) is 30.7 Å². The zero-order chi connectivity index (χ0) is 23.0. The van der Waals surface area contributed by atoms with E-state index >= 15 is 0 Å². The first kappa shape index (κ1) is 22.0. The highest BCUT2D eigenvalue weighted by molar-refractivity contribution is 5.90. The number of hydrogen-bond donors (Lipinski definition) is 0. The third-order valence-corrected chi connectivity index (χ3v) is 7.23. The molecule has 0 N–H and O–H groups in total. The Morgan fingerprint density at radius 1 is 1.09 bits per heavy atom. The second kappa shape index (κ2) is 8.85. The molecule has 0 saturated carbocycles. The third kappa shape index (κ3) is 4.64. The van der Waals surface area contributed by atoms with Crippen LogP contribution in [0.1, 0.15) is 39.5 Å². The van der Waals surface area contributed by atoms with Gasteiger partial charge in [-0.2, -0.15) is 5.10 Å². The standard InChI is InChI=1S/C24H34N6O3/c1-18(2)28-10-6-21(7-11-28)32-22-5-4-19(14-25-22)29-12-8-24(9-13-29)17-30(23(31)33-24)20-15-26-27(3)16-20/h4-5,14-16,18,21H,6-13,17H2,1-3H3. The number of carbonyl (C=O) groups is 1. The minimum atomic E-state index is -0.426. The van der Waals surface area contributed by atoms with Crippen molar-refractivity contribution in [1.82, 2.24) is 19.7 Å². The minimum absolute atomic E-state index is 0.244. The SMILES string of the molecule is CC(C)N1CCC(Oc2ccc(N3CCC4(CC3)CN(c3cnn(C)c3)C(=O)O4)cn2)CC1. The largest absolute Gasteiger partial charge is 0.474 e. The normalized spacial score (nSPS) is 21.8. The summed E-state index contributed by atoms with van der Waals surface area (Å²) in [6, 6.07) is 4.67. The van der Waals surface area contributed by atoms with Crippen LogP contribution in [0.3, 0.4) is 0 Å². The number of carbonyl (C=O) groups excluding carboxylic acids is 1. The topological polar surface area (TPSA) is 76.0 Å². The number of aromatic nitrogens is 3. The van der Waals surface area contributed by atoms with E-state index in [0.29, 0.717) is 18.5 Å². The molecule has 1 spiro atoms. The van der Waals surface area contributed by atoms with Crippen LogP contribution in [0.2, 0.25) is 0 Å². The fourth-order valence-electron chi connectivity index (χ4n) is 5.11. The van der Waals surface area contributed by atoms with Crippen molar-refractivity contribution < 1.29 is 14.3 Å². The number of rotatable bonds is 5. The molecule has 0 aromatic carbocycles. The molecular weight excluding hydrogens is 420 g/mol. The molecular formula is C24H34N6O3. The predicted octanol–water partition coefficient (Wildman–Crippen LogP) is 3.06. The summed E-state index contributed by atoms with van der Waals surface area (Å²) in [6.07, 6.45) is 9.10. The van der Waals surface area contributed by atoms with E-state index in [4.69, 9.17) is 9.47 Å². The monoisotopic (exact) mass is 454 g/mol. The zero-order valence-corrected chi connectivity index (χ0v) is 19.8. The lowest BCUT2D eigenvalue weighted by Gasteiger charge is -2.38. The van der Waals surface area contributed by atoms with Crippen LogP contribution in [0.15, 0.2) is 30.7 Å². The number of pyridine rings is 1. The van der Waals surface area contributed by atoms with E-state index in [1.165, 1.54) is 0 Å². The van der Waals surface area contributed by atoms with Crippen LogP contribution in [0.25, 0.3) is 0 Å². The first-order valence-electron chi connectivity index (χ1n) is 12.0. The van der Waals surface area contributed by atoms with Crippen molar-refractivity contribution in [2.45, 2.75) is 57.3 Å². The van der Waals surface area contributed by atoms with Gasteiger partial charge in [0.2, 0.25) is 5.88 Å². The predicted molar refractivity (Wildman–Crippen MR) is 126 cm³/mol. The fourth-order valence-corrected chi connectivity index (χ4v) is 5.11. The second-order valence-corrected chi connectivity index (χ2v) is 9.80. The number of nitrogens with zero attached hydrogens (tertiary/aromatic N) is 6. The van der Waals surface area contributed by atoms with Crippen molar-refractivity contribution in [1.29, 1.82) is 0 Å². The molecule has 3 fully saturated rings. The molecule has 5 rings (SSSR count).